The fourth-order valence-corrected chi connectivity index (χ4v) is 5.02. The fourth-order valence-electron chi connectivity index (χ4n) is 5.02. The normalized spacial score (nSPS) is 19.6. The Morgan fingerprint density at radius 3 is 2.43 bits per heavy atom. The second-order valence-corrected chi connectivity index (χ2v) is 8.62. The quantitative estimate of drug-likeness (QED) is 0.582. The summed E-state index contributed by atoms with van der Waals surface area (Å²) in [6.07, 6.45) is 0.967. The van der Waals surface area contributed by atoms with E-state index < -0.39 is 11.9 Å². The molecule has 184 valence electrons. The molecule has 0 amide bonds. The number of hydrogen-bond acceptors (Lipinski definition) is 7. The van der Waals surface area contributed by atoms with Gasteiger partial charge in [0.15, 0.2) is 5.78 Å². The molecule has 0 unspecified atom stereocenters. The highest BCUT2D eigenvalue weighted by Crippen LogP contribution is 2.48. The van der Waals surface area contributed by atoms with Crippen LogP contribution in [0.2, 0.25) is 0 Å². The maximum atomic E-state index is 13.7. The molecule has 2 aliphatic rings. The summed E-state index contributed by atoms with van der Waals surface area (Å²) >= 11 is 0. The average Bonchev–Trinajstić information content (AvgIpc) is 2.87. The molecule has 0 saturated carbocycles. The molecule has 7 nitrogen and oxygen atoms in total. The lowest BCUT2D eigenvalue weighted by Gasteiger charge is -2.37. The van der Waals surface area contributed by atoms with E-state index in [1.165, 1.54) is 0 Å². The van der Waals surface area contributed by atoms with E-state index in [-0.39, 0.29) is 18.3 Å². The Balaban J connectivity index is 1.84. The summed E-state index contributed by atoms with van der Waals surface area (Å²) < 4.78 is 21.8. The van der Waals surface area contributed by atoms with Gasteiger partial charge in [-0.05, 0) is 49.9 Å². The molecule has 1 aliphatic carbocycles. The molecule has 0 saturated heterocycles. The van der Waals surface area contributed by atoms with E-state index in [9.17, 15) is 9.59 Å². The van der Waals surface area contributed by atoms with E-state index in [0.29, 0.717) is 41.2 Å². The minimum Gasteiger partial charge on any atom is -0.497 e. The van der Waals surface area contributed by atoms with Crippen molar-refractivity contribution in [2.24, 2.45) is 0 Å². The summed E-state index contributed by atoms with van der Waals surface area (Å²) in [4.78, 5) is 26.9. The molecule has 2 aromatic carbocycles. The highest BCUT2D eigenvalue weighted by molar-refractivity contribution is 6.04. The molecule has 35 heavy (non-hydrogen) atoms. The van der Waals surface area contributed by atoms with E-state index in [1.54, 1.807) is 34.3 Å². The monoisotopic (exact) mass is 477 g/mol. The lowest BCUT2D eigenvalue weighted by atomic mass is 9.71. The van der Waals surface area contributed by atoms with E-state index >= 15 is 0 Å². The van der Waals surface area contributed by atoms with E-state index in [2.05, 4.69) is 5.32 Å². The van der Waals surface area contributed by atoms with Crippen molar-refractivity contribution in [3.05, 3.63) is 76.1 Å². The molecule has 0 radical (unpaired) electrons. The van der Waals surface area contributed by atoms with Crippen LogP contribution in [0.3, 0.4) is 0 Å². The van der Waals surface area contributed by atoms with Gasteiger partial charge in [0.2, 0.25) is 0 Å². The fraction of sp³-hybridized carbons (Fsp3) is 0.357. The molecule has 0 spiro atoms. The Morgan fingerprint density at radius 2 is 1.74 bits per heavy atom. The Bertz CT molecular complexity index is 1210. The molecule has 2 aromatic rings. The number of carbonyl (C=O) groups excluding carboxylic acids is 2. The van der Waals surface area contributed by atoms with Gasteiger partial charge < -0.3 is 24.3 Å². The molecule has 1 heterocycles. The Hall–Kier alpha value is -3.74. The third-order valence-corrected chi connectivity index (χ3v) is 6.64. The molecule has 4 rings (SSSR count). The number of allylic oxidation sites excluding steroid dienone is 3. The zero-order valence-corrected chi connectivity index (χ0v) is 20.8. The van der Waals surface area contributed by atoms with Gasteiger partial charge in [-0.2, -0.15) is 0 Å². The third kappa shape index (κ3) is 4.63. The van der Waals surface area contributed by atoms with Crippen molar-refractivity contribution >= 4 is 11.8 Å². The van der Waals surface area contributed by atoms with Crippen LogP contribution in [-0.2, 0) is 14.3 Å². The predicted molar refractivity (Wildman–Crippen MR) is 132 cm³/mol. The predicted octanol–water partition coefficient (Wildman–Crippen LogP) is 4.64. The first-order chi connectivity index (χ1) is 16.9. The first-order valence-electron chi connectivity index (χ1n) is 11.7. The third-order valence-electron chi connectivity index (χ3n) is 6.64. The van der Waals surface area contributed by atoms with Crippen molar-refractivity contribution in [3.8, 4) is 17.2 Å². The van der Waals surface area contributed by atoms with Gasteiger partial charge in [-0.1, -0.05) is 18.2 Å². The van der Waals surface area contributed by atoms with Crippen molar-refractivity contribution < 1.29 is 28.5 Å². The maximum absolute atomic E-state index is 13.7. The van der Waals surface area contributed by atoms with Gasteiger partial charge in [-0.15, -0.1) is 0 Å². The largest absolute Gasteiger partial charge is 0.497 e. The van der Waals surface area contributed by atoms with Gasteiger partial charge in [-0.25, -0.2) is 4.79 Å². The molecule has 0 fully saturated rings. The zero-order valence-electron chi connectivity index (χ0n) is 20.8. The number of methoxy groups -OCH3 is 3. The number of hydrogen-bond donors (Lipinski definition) is 1. The second-order valence-electron chi connectivity index (χ2n) is 8.62. The van der Waals surface area contributed by atoms with Crippen molar-refractivity contribution in [3.63, 3.8) is 0 Å². The zero-order chi connectivity index (χ0) is 25.1. The number of nitrogens with one attached hydrogen (secondary N) is 1. The van der Waals surface area contributed by atoms with Crippen molar-refractivity contribution in [2.75, 3.05) is 27.9 Å². The summed E-state index contributed by atoms with van der Waals surface area (Å²) in [5.74, 6) is 0.857. The lowest BCUT2D eigenvalue weighted by Crippen LogP contribution is -2.36. The van der Waals surface area contributed by atoms with Gasteiger partial charge >= 0.3 is 5.97 Å². The van der Waals surface area contributed by atoms with Gasteiger partial charge in [0.25, 0.3) is 0 Å². The highest BCUT2D eigenvalue weighted by atomic mass is 16.5. The Labute approximate surface area is 205 Å². The molecular formula is C28H31NO6. The number of Topliss-reactive ketones (excluding diaryl/α,β-unsaturated/α-hetero) is 1. The summed E-state index contributed by atoms with van der Waals surface area (Å²) in [5, 5.41) is 3.37. The first kappa shape index (κ1) is 24.4. The van der Waals surface area contributed by atoms with Gasteiger partial charge in [-0.3, -0.25) is 4.79 Å². The minimum atomic E-state index is -0.607. The van der Waals surface area contributed by atoms with Crippen LogP contribution in [0.5, 0.6) is 17.2 Å². The van der Waals surface area contributed by atoms with Crippen LogP contribution in [0, 0.1) is 0 Å². The van der Waals surface area contributed by atoms with E-state index in [4.69, 9.17) is 18.9 Å². The number of ether oxygens (including phenoxy) is 4. The summed E-state index contributed by atoms with van der Waals surface area (Å²) in [5.41, 5.74) is 4.26. The van der Waals surface area contributed by atoms with Crippen LogP contribution in [0.1, 0.15) is 49.7 Å². The van der Waals surface area contributed by atoms with Gasteiger partial charge in [0, 0.05) is 35.0 Å². The van der Waals surface area contributed by atoms with E-state index in [0.717, 1.165) is 22.6 Å². The number of benzene rings is 2. The number of carbonyl (C=O) groups is 2. The Kier molecular flexibility index (Phi) is 7.15. The summed E-state index contributed by atoms with van der Waals surface area (Å²) in [7, 11) is 4.78. The van der Waals surface area contributed by atoms with Crippen LogP contribution in [0.25, 0.3) is 0 Å². The molecule has 7 heteroatoms. The number of rotatable bonds is 7. The molecule has 0 bridgehead atoms. The molecule has 2 atom stereocenters. The van der Waals surface area contributed by atoms with E-state index in [1.807, 2.05) is 43.3 Å². The number of ketones is 1. The smallest absolute Gasteiger partial charge is 0.336 e. The van der Waals surface area contributed by atoms with Crippen LogP contribution in [0.4, 0.5) is 0 Å². The first-order valence-corrected chi connectivity index (χ1v) is 11.7. The standard InChI is InChI=1S/C28H31NO6/c1-6-35-28(31)25-16(2)29-22-13-18(17-8-7-9-19(12-17)32-3)14-23(30)27(22)26(25)21-11-10-20(33-4)15-24(21)34-5/h7-12,15,18,26,29H,6,13-14H2,1-5H3/t18-,26+/m0/s1. The highest BCUT2D eigenvalue weighted by Gasteiger charge is 2.42. The molecular weight excluding hydrogens is 446 g/mol. The molecule has 0 aromatic heterocycles. The molecule has 1 N–H and O–H groups in total. The van der Waals surface area contributed by atoms with Gasteiger partial charge in [0.1, 0.15) is 17.2 Å². The second kappa shape index (κ2) is 10.3. The average molecular weight is 478 g/mol. The summed E-state index contributed by atoms with van der Waals surface area (Å²) in [6, 6.07) is 13.3. The number of dihydropyridines is 1. The van der Waals surface area contributed by atoms with Crippen LogP contribution >= 0.6 is 0 Å². The Morgan fingerprint density at radius 1 is 1.00 bits per heavy atom. The maximum Gasteiger partial charge on any atom is 0.336 e. The van der Waals surface area contributed by atoms with Crippen molar-refractivity contribution in [1.29, 1.82) is 0 Å². The van der Waals surface area contributed by atoms with Crippen molar-refractivity contribution in [2.45, 2.75) is 38.5 Å². The van der Waals surface area contributed by atoms with Crippen LogP contribution in [-0.4, -0.2) is 39.7 Å². The van der Waals surface area contributed by atoms with Gasteiger partial charge in [0.05, 0.1) is 39.4 Å². The lowest BCUT2D eigenvalue weighted by molar-refractivity contribution is -0.138. The van der Waals surface area contributed by atoms with Crippen molar-refractivity contribution in [1.82, 2.24) is 5.32 Å². The van der Waals surface area contributed by atoms with Crippen LogP contribution < -0.4 is 19.5 Å². The minimum absolute atomic E-state index is 0.000735. The SMILES string of the molecule is CCOC(=O)C1=C(C)NC2=C(C(=O)C[C@@H](c3cccc(OC)c3)C2)[C@@H]1c1ccc(OC)cc1OC. The summed E-state index contributed by atoms with van der Waals surface area (Å²) in [6.45, 7) is 3.85. The molecule has 1 aliphatic heterocycles. The van der Waals surface area contributed by atoms with Crippen LogP contribution in [0.15, 0.2) is 65.0 Å². The topological polar surface area (TPSA) is 83.1 Å². The number of esters is 1.